The number of hydrogen-bond donors (Lipinski definition) is 0. The second-order valence-electron chi connectivity index (χ2n) is 6.40. The van der Waals surface area contributed by atoms with Crippen LogP contribution in [0.4, 0.5) is 0 Å². The number of rotatable bonds is 4. The molecular formula is C17H21N3OS2. The lowest BCUT2D eigenvalue weighted by molar-refractivity contribution is 0.0585. The van der Waals surface area contributed by atoms with Gasteiger partial charge in [0.25, 0.3) is 5.91 Å². The summed E-state index contributed by atoms with van der Waals surface area (Å²) >= 11 is 3.26. The number of aromatic nitrogens is 1. The van der Waals surface area contributed by atoms with E-state index >= 15 is 0 Å². The van der Waals surface area contributed by atoms with Crippen molar-refractivity contribution < 1.29 is 4.79 Å². The van der Waals surface area contributed by atoms with Gasteiger partial charge in [0, 0.05) is 38.1 Å². The quantitative estimate of drug-likeness (QED) is 0.848. The zero-order valence-corrected chi connectivity index (χ0v) is 14.9. The summed E-state index contributed by atoms with van der Waals surface area (Å²) in [5.41, 5.74) is 4.26. The van der Waals surface area contributed by atoms with Gasteiger partial charge in [0.05, 0.1) is 11.2 Å². The predicted octanol–water partition coefficient (Wildman–Crippen LogP) is 3.60. The van der Waals surface area contributed by atoms with Gasteiger partial charge in [0.2, 0.25) is 0 Å². The van der Waals surface area contributed by atoms with E-state index in [1.807, 2.05) is 10.4 Å². The van der Waals surface area contributed by atoms with Gasteiger partial charge in [-0.15, -0.1) is 11.3 Å². The molecule has 122 valence electrons. The Morgan fingerprint density at radius 1 is 1.30 bits per heavy atom. The fraction of sp³-hybridized carbons (Fsp3) is 0.529. The monoisotopic (exact) mass is 347 g/mol. The van der Waals surface area contributed by atoms with Crippen molar-refractivity contribution in [2.45, 2.75) is 31.7 Å². The van der Waals surface area contributed by atoms with Crippen molar-refractivity contribution in [1.82, 2.24) is 14.8 Å². The highest BCUT2D eigenvalue weighted by atomic mass is 32.1. The van der Waals surface area contributed by atoms with E-state index in [1.165, 1.54) is 29.7 Å². The molecule has 0 unspecified atom stereocenters. The molecule has 0 N–H and O–H groups in total. The largest absolute Gasteiger partial charge is 0.335 e. The van der Waals surface area contributed by atoms with Crippen molar-refractivity contribution in [3.05, 3.63) is 38.5 Å². The van der Waals surface area contributed by atoms with Crippen LogP contribution in [0.25, 0.3) is 0 Å². The summed E-state index contributed by atoms with van der Waals surface area (Å²) in [5.74, 6) is 0.734. The molecule has 23 heavy (non-hydrogen) atoms. The number of carbonyl (C=O) groups excluding carboxylic acids is 1. The highest BCUT2D eigenvalue weighted by molar-refractivity contribution is 7.11. The third-order valence-corrected chi connectivity index (χ3v) is 6.46. The molecule has 1 atom stereocenters. The second kappa shape index (κ2) is 6.34. The summed E-state index contributed by atoms with van der Waals surface area (Å²) in [6, 6.07) is 2.63. The van der Waals surface area contributed by atoms with Gasteiger partial charge in [-0.3, -0.25) is 9.69 Å². The van der Waals surface area contributed by atoms with E-state index in [-0.39, 0.29) is 5.91 Å². The van der Waals surface area contributed by atoms with Gasteiger partial charge in [0.1, 0.15) is 4.88 Å². The molecule has 0 radical (unpaired) electrons. The lowest BCUT2D eigenvalue weighted by Gasteiger charge is -2.37. The molecule has 1 aliphatic heterocycles. The zero-order valence-electron chi connectivity index (χ0n) is 13.3. The summed E-state index contributed by atoms with van der Waals surface area (Å²) < 4.78 is 0. The first-order chi connectivity index (χ1) is 11.2. The van der Waals surface area contributed by atoms with Gasteiger partial charge >= 0.3 is 0 Å². The predicted molar refractivity (Wildman–Crippen MR) is 94.3 cm³/mol. The summed E-state index contributed by atoms with van der Waals surface area (Å²) in [6.07, 6.45) is 2.38. The van der Waals surface area contributed by atoms with E-state index in [1.54, 1.807) is 11.3 Å². The van der Waals surface area contributed by atoms with Crippen molar-refractivity contribution in [2.24, 2.45) is 0 Å². The Bertz CT molecular complexity index is 670. The van der Waals surface area contributed by atoms with Crippen LogP contribution in [0.2, 0.25) is 0 Å². The Morgan fingerprint density at radius 2 is 2.09 bits per heavy atom. The summed E-state index contributed by atoms with van der Waals surface area (Å²) in [4.78, 5) is 22.6. The standard InChI is InChI=1S/C17H21N3OS2/c1-12(14-4-9-22-10-14)19-5-7-20(8-6-19)17(21)16-15(13-2-3-13)18-11-23-16/h4,9-13H,2-3,5-8H2,1H3/t12-/m0/s1. The molecule has 3 heterocycles. The number of nitrogens with zero attached hydrogens (tertiary/aromatic N) is 3. The minimum absolute atomic E-state index is 0.192. The molecule has 1 aliphatic carbocycles. The zero-order chi connectivity index (χ0) is 15.8. The van der Waals surface area contributed by atoms with Crippen molar-refractivity contribution in [3.63, 3.8) is 0 Å². The van der Waals surface area contributed by atoms with Crippen LogP contribution in [0.1, 0.15) is 52.7 Å². The van der Waals surface area contributed by atoms with Crippen LogP contribution in [0.5, 0.6) is 0 Å². The van der Waals surface area contributed by atoms with Gasteiger partial charge < -0.3 is 4.90 Å². The van der Waals surface area contributed by atoms with E-state index in [0.29, 0.717) is 12.0 Å². The molecule has 1 saturated heterocycles. The minimum atomic E-state index is 0.192. The average molecular weight is 348 g/mol. The fourth-order valence-corrected chi connectivity index (χ4v) is 4.83. The van der Waals surface area contributed by atoms with E-state index in [2.05, 4.69) is 33.6 Å². The summed E-state index contributed by atoms with van der Waals surface area (Å²) in [7, 11) is 0. The van der Waals surface area contributed by atoms with Crippen molar-refractivity contribution in [1.29, 1.82) is 0 Å². The van der Waals surface area contributed by atoms with Gasteiger partial charge in [-0.1, -0.05) is 0 Å². The molecule has 4 rings (SSSR count). The second-order valence-corrected chi connectivity index (χ2v) is 8.04. The van der Waals surface area contributed by atoms with Gasteiger partial charge in [0.15, 0.2) is 0 Å². The number of amides is 1. The lowest BCUT2D eigenvalue weighted by Crippen LogP contribution is -2.49. The van der Waals surface area contributed by atoms with E-state index in [9.17, 15) is 4.79 Å². The van der Waals surface area contributed by atoms with Crippen molar-refractivity contribution >= 4 is 28.6 Å². The van der Waals surface area contributed by atoms with E-state index in [4.69, 9.17) is 0 Å². The molecule has 2 aliphatic rings. The third kappa shape index (κ3) is 3.07. The molecule has 1 saturated carbocycles. The van der Waals surface area contributed by atoms with Crippen molar-refractivity contribution in [3.8, 4) is 0 Å². The molecule has 2 aromatic heterocycles. The van der Waals surface area contributed by atoms with Crippen LogP contribution >= 0.6 is 22.7 Å². The number of thiophene rings is 1. The lowest BCUT2D eigenvalue weighted by atomic mass is 10.1. The van der Waals surface area contributed by atoms with Crippen molar-refractivity contribution in [2.75, 3.05) is 26.2 Å². The topological polar surface area (TPSA) is 36.4 Å². The van der Waals surface area contributed by atoms with Crippen LogP contribution in [-0.4, -0.2) is 46.9 Å². The summed E-state index contributed by atoms with van der Waals surface area (Å²) in [6.45, 7) is 5.78. The first kappa shape index (κ1) is 15.3. The van der Waals surface area contributed by atoms with Crippen LogP contribution in [0, 0.1) is 0 Å². The van der Waals surface area contributed by atoms with Crippen LogP contribution in [0.3, 0.4) is 0 Å². The maximum Gasteiger partial charge on any atom is 0.265 e. The fourth-order valence-electron chi connectivity index (χ4n) is 3.24. The SMILES string of the molecule is C[C@@H](c1ccsc1)N1CCN(C(=O)c2scnc2C2CC2)CC1. The maximum atomic E-state index is 12.8. The van der Waals surface area contributed by atoms with Gasteiger partial charge in [-0.05, 0) is 42.2 Å². The Kier molecular flexibility index (Phi) is 4.22. The molecule has 2 aromatic rings. The molecule has 6 heteroatoms. The molecule has 1 amide bonds. The van der Waals surface area contributed by atoms with E-state index in [0.717, 1.165) is 36.8 Å². The molecule has 0 spiro atoms. The van der Waals surface area contributed by atoms with Crippen LogP contribution in [-0.2, 0) is 0 Å². The van der Waals surface area contributed by atoms with Gasteiger partial charge in [-0.2, -0.15) is 11.3 Å². The highest BCUT2D eigenvalue weighted by Crippen LogP contribution is 2.42. The number of piperazine rings is 1. The number of hydrogen-bond acceptors (Lipinski definition) is 5. The smallest absolute Gasteiger partial charge is 0.265 e. The summed E-state index contributed by atoms with van der Waals surface area (Å²) in [5, 5.41) is 4.36. The van der Waals surface area contributed by atoms with E-state index < -0.39 is 0 Å². The maximum absolute atomic E-state index is 12.8. The third-order valence-electron chi connectivity index (χ3n) is 4.93. The van der Waals surface area contributed by atoms with Gasteiger partial charge in [-0.25, -0.2) is 4.98 Å². The molecule has 2 fully saturated rings. The molecule has 0 aromatic carbocycles. The van der Waals surface area contributed by atoms with Crippen LogP contribution in [0.15, 0.2) is 22.3 Å². The molecule has 4 nitrogen and oxygen atoms in total. The first-order valence-corrected chi connectivity index (χ1v) is 10.0. The normalized spacial score (nSPS) is 20.7. The minimum Gasteiger partial charge on any atom is -0.335 e. The molecule has 0 bridgehead atoms. The Balaban J connectivity index is 1.39. The molecular weight excluding hydrogens is 326 g/mol. The first-order valence-electron chi connectivity index (χ1n) is 8.23. The Morgan fingerprint density at radius 3 is 2.74 bits per heavy atom. The number of thiazole rings is 1. The number of carbonyl (C=O) groups is 1. The highest BCUT2D eigenvalue weighted by Gasteiger charge is 2.33. The Hall–Kier alpha value is -1.24. The van der Waals surface area contributed by atoms with Crippen LogP contribution < -0.4 is 0 Å². The Labute approximate surface area is 144 Å². The average Bonchev–Trinajstić information content (AvgIpc) is 3.09.